The van der Waals surface area contributed by atoms with Crippen LogP contribution in [0.5, 0.6) is 17.2 Å². The van der Waals surface area contributed by atoms with Crippen molar-refractivity contribution < 1.29 is 41.5 Å². The molecule has 3 aromatic rings. The molecule has 10 nitrogen and oxygen atoms in total. The van der Waals surface area contributed by atoms with Crippen LogP contribution < -0.4 is 14.2 Å². The van der Waals surface area contributed by atoms with E-state index >= 15 is 0 Å². The molecule has 1 fully saturated rings. The third kappa shape index (κ3) is 6.60. The van der Waals surface area contributed by atoms with E-state index in [-0.39, 0.29) is 12.8 Å². The minimum atomic E-state index is -3.67. The molecule has 1 N–H and O–H groups in total. The van der Waals surface area contributed by atoms with E-state index in [1.807, 2.05) is 18.2 Å². The van der Waals surface area contributed by atoms with E-state index in [1.165, 1.54) is 36.5 Å². The van der Waals surface area contributed by atoms with Crippen molar-refractivity contribution in [1.29, 1.82) is 0 Å². The first-order valence-electron chi connectivity index (χ1n) is 12.6. The van der Waals surface area contributed by atoms with Crippen LogP contribution in [-0.2, 0) is 37.4 Å². The molecule has 11 heteroatoms. The average molecular weight is 560 g/mol. The van der Waals surface area contributed by atoms with Crippen molar-refractivity contribution in [3.8, 4) is 17.2 Å². The highest BCUT2D eigenvalue weighted by Gasteiger charge is 2.32. The van der Waals surface area contributed by atoms with Crippen LogP contribution in [0.15, 0.2) is 30.3 Å². The Balaban J connectivity index is 0.000000648. The lowest BCUT2D eigenvalue weighted by molar-refractivity contribution is -0.144. The number of carbonyl (C=O) groups is 2. The van der Waals surface area contributed by atoms with Gasteiger partial charge in [0.05, 0.1) is 40.4 Å². The van der Waals surface area contributed by atoms with Crippen molar-refractivity contribution in [2.75, 3.05) is 34.1 Å². The Morgan fingerprint density at radius 3 is 2.18 bits per heavy atom. The zero-order chi connectivity index (χ0) is 28.3. The summed E-state index contributed by atoms with van der Waals surface area (Å²) in [5.74, 6) is 0.914. The van der Waals surface area contributed by atoms with Crippen LogP contribution in [0.3, 0.4) is 0 Å². The fourth-order valence-corrected chi connectivity index (χ4v) is 5.43. The van der Waals surface area contributed by atoms with Gasteiger partial charge in [-0.1, -0.05) is 6.07 Å². The van der Waals surface area contributed by atoms with Crippen LogP contribution in [0, 0.1) is 0 Å². The second-order valence-corrected chi connectivity index (χ2v) is 11.1. The number of carbonyl (C=O) groups excluding carboxylic acids is 2. The molecule has 2 aliphatic rings. The van der Waals surface area contributed by atoms with Gasteiger partial charge in [0.15, 0.2) is 11.5 Å². The number of rotatable bonds is 6. The van der Waals surface area contributed by atoms with Gasteiger partial charge in [-0.05, 0) is 82.7 Å². The van der Waals surface area contributed by atoms with E-state index in [2.05, 4.69) is 21.8 Å². The third-order valence-corrected chi connectivity index (χ3v) is 7.11. The Labute approximate surface area is 227 Å². The quantitative estimate of drug-likeness (QED) is 0.206. The molecule has 1 atom stereocenters. The van der Waals surface area contributed by atoms with Crippen molar-refractivity contribution >= 4 is 43.6 Å². The Morgan fingerprint density at radius 1 is 0.923 bits per heavy atom. The summed E-state index contributed by atoms with van der Waals surface area (Å²) in [5.41, 5.74) is 2.70. The molecule has 0 amide bonds. The number of hydrogen-bond acceptors (Lipinski definition) is 9. The maximum absolute atomic E-state index is 12.3. The molecule has 0 radical (unpaired) electrons. The molecule has 0 unspecified atom stereocenters. The van der Waals surface area contributed by atoms with Crippen molar-refractivity contribution in [2.24, 2.45) is 0 Å². The van der Waals surface area contributed by atoms with Crippen LogP contribution in [0.2, 0.25) is 0 Å². The summed E-state index contributed by atoms with van der Waals surface area (Å²) in [6, 6.07) is 10.5. The number of esters is 2. The Bertz CT molecular complexity index is 1510. The van der Waals surface area contributed by atoms with Crippen molar-refractivity contribution in [3.63, 3.8) is 0 Å². The van der Waals surface area contributed by atoms with Crippen molar-refractivity contribution in [1.82, 2.24) is 4.90 Å². The van der Waals surface area contributed by atoms with Crippen LogP contribution >= 0.6 is 0 Å². The molecule has 2 heterocycles. The summed E-state index contributed by atoms with van der Waals surface area (Å²) in [7, 11) is 0.921. The topological polar surface area (TPSA) is 129 Å². The maximum Gasteiger partial charge on any atom is 0.311 e. The zero-order valence-corrected chi connectivity index (χ0v) is 23.3. The first-order chi connectivity index (χ1) is 18.5. The van der Waals surface area contributed by atoms with E-state index in [0.29, 0.717) is 29.5 Å². The molecule has 1 saturated heterocycles. The minimum absolute atomic E-state index is 0.00572. The molecular weight excluding hydrogens is 526 g/mol. The number of hydrogen-bond donors (Lipinski definition) is 1. The van der Waals surface area contributed by atoms with E-state index in [1.54, 1.807) is 14.2 Å². The Hall–Kier alpha value is -3.41. The first-order valence-corrected chi connectivity index (χ1v) is 14.4. The largest absolute Gasteiger partial charge is 0.493 e. The van der Waals surface area contributed by atoms with Crippen LogP contribution in [0.1, 0.15) is 36.8 Å². The molecule has 2 aliphatic heterocycles. The van der Waals surface area contributed by atoms with Gasteiger partial charge in [-0.2, -0.15) is 8.42 Å². The molecule has 3 aromatic carbocycles. The summed E-state index contributed by atoms with van der Waals surface area (Å²) in [4.78, 5) is 26.2. The molecule has 5 rings (SSSR count). The van der Waals surface area contributed by atoms with Gasteiger partial charge >= 0.3 is 11.9 Å². The number of benzene rings is 3. The molecule has 0 saturated carbocycles. The summed E-state index contributed by atoms with van der Waals surface area (Å²) < 4.78 is 47.3. The minimum Gasteiger partial charge on any atom is -0.493 e. The van der Waals surface area contributed by atoms with E-state index in [9.17, 15) is 18.0 Å². The average Bonchev–Trinajstić information content (AvgIpc) is 3.36. The van der Waals surface area contributed by atoms with Gasteiger partial charge in [-0.15, -0.1) is 0 Å². The second kappa shape index (κ2) is 11.8. The Kier molecular flexibility index (Phi) is 8.63. The molecule has 0 bridgehead atoms. The highest BCUT2D eigenvalue weighted by molar-refractivity contribution is 7.85. The fraction of sp³-hybridized carbons (Fsp3) is 0.429. The number of fused-ring (bicyclic) bond motifs is 7. The lowest BCUT2D eigenvalue weighted by Crippen LogP contribution is -2.35. The monoisotopic (exact) mass is 559 g/mol. The van der Waals surface area contributed by atoms with Crippen LogP contribution in [0.4, 0.5) is 0 Å². The smallest absolute Gasteiger partial charge is 0.311 e. The third-order valence-electron chi connectivity index (χ3n) is 7.11. The van der Waals surface area contributed by atoms with Gasteiger partial charge < -0.3 is 18.9 Å². The highest BCUT2D eigenvalue weighted by atomic mass is 32.2. The van der Waals surface area contributed by atoms with Crippen LogP contribution in [-0.4, -0.2) is 70.0 Å². The lowest BCUT2D eigenvalue weighted by Gasteiger charge is -2.33. The lowest BCUT2D eigenvalue weighted by atomic mass is 9.85. The van der Waals surface area contributed by atoms with Crippen LogP contribution in [0.25, 0.3) is 21.5 Å². The number of nitrogens with zero attached hydrogens (tertiary/aromatic N) is 1. The maximum atomic E-state index is 12.3. The standard InChI is InChI=1S/C27H29NO6.CH4O3S/c1-31-24-13-21-20-12-17(34-27(30)9-8-26(29)33-3)6-7-18(20)19-11-16-5-4-10-28(16)15-23(19)22(21)14-25(24)32-2;1-5(2,3)4/h6-7,12-14,16H,4-5,8-11,15H2,1-3H3;1H3,(H,2,3,4)/t16-;/m0./s1. The summed E-state index contributed by atoms with van der Waals surface area (Å²) in [6.45, 7) is 2.06. The predicted octanol–water partition coefficient (Wildman–Crippen LogP) is 3.89. The van der Waals surface area contributed by atoms with Crippen molar-refractivity contribution in [2.45, 2.75) is 44.7 Å². The van der Waals surface area contributed by atoms with E-state index in [4.69, 9.17) is 18.8 Å². The van der Waals surface area contributed by atoms with Crippen molar-refractivity contribution in [3.05, 3.63) is 41.5 Å². The van der Waals surface area contributed by atoms with Gasteiger partial charge in [-0.25, -0.2) is 0 Å². The molecule has 0 spiro atoms. The SMILES string of the molecule is COC(=O)CCC(=O)Oc1ccc2c3c(c4cc(OC)c(OC)cc4c2c1)CN1CCC[C@H]1C3.CS(=O)(=O)O. The van der Waals surface area contributed by atoms with Gasteiger partial charge in [-0.3, -0.25) is 19.0 Å². The zero-order valence-electron chi connectivity index (χ0n) is 22.5. The second-order valence-electron chi connectivity index (χ2n) is 9.67. The summed E-state index contributed by atoms with van der Waals surface area (Å²) in [6.07, 6.45) is 4.14. The molecule has 0 aromatic heterocycles. The molecular formula is C28H33NO9S. The van der Waals surface area contributed by atoms with Gasteiger partial charge in [0.25, 0.3) is 10.1 Å². The first kappa shape index (κ1) is 28.6. The summed E-state index contributed by atoms with van der Waals surface area (Å²) in [5, 5.41) is 4.37. The highest BCUT2D eigenvalue weighted by Crippen LogP contribution is 2.44. The van der Waals surface area contributed by atoms with Gasteiger partial charge in [0, 0.05) is 12.6 Å². The van der Waals surface area contributed by atoms with E-state index < -0.39 is 22.1 Å². The molecule has 0 aliphatic carbocycles. The fourth-order valence-electron chi connectivity index (χ4n) is 5.43. The number of methoxy groups -OCH3 is 3. The van der Waals surface area contributed by atoms with E-state index in [0.717, 1.165) is 35.7 Å². The van der Waals surface area contributed by atoms with Gasteiger partial charge in [0.2, 0.25) is 0 Å². The normalized spacial score (nSPS) is 16.6. The summed E-state index contributed by atoms with van der Waals surface area (Å²) >= 11 is 0. The molecule has 210 valence electrons. The predicted molar refractivity (Wildman–Crippen MR) is 146 cm³/mol. The van der Waals surface area contributed by atoms with Gasteiger partial charge in [0.1, 0.15) is 5.75 Å². The molecule has 39 heavy (non-hydrogen) atoms. The number of ether oxygens (including phenoxy) is 4. The Morgan fingerprint density at radius 2 is 1.54 bits per heavy atom.